The van der Waals surface area contributed by atoms with Crippen LogP contribution in [-0.2, 0) is 0 Å². The normalized spacial score (nSPS) is 14.3. The molecule has 1 aliphatic heterocycles. The topological polar surface area (TPSA) is 118 Å². The lowest BCUT2D eigenvalue weighted by Crippen LogP contribution is -2.19. The number of carbonyl (C=O) groups excluding carboxylic acids is 2. The van der Waals surface area contributed by atoms with Crippen LogP contribution in [0.4, 0.5) is 15.9 Å². The van der Waals surface area contributed by atoms with E-state index in [1.165, 1.54) is 37.5 Å². The van der Waals surface area contributed by atoms with Crippen LogP contribution in [0, 0.1) is 5.82 Å². The molecule has 0 fully saturated rings. The third-order valence-electron chi connectivity index (χ3n) is 4.33. The van der Waals surface area contributed by atoms with Crippen LogP contribution in [0.25, 0.3) is 0 Å². The van der Waals surface area contributed by atoms with E-state index in [2.05, 4.69) is 31.1 Å². The van der Waals surface area contributed by atoms with E-state index in [9.17, 15) is 14.0 Å². The lowest BCUT2D eigenvalue weighted by molar-refractivity contribution is 0.0957. The number of anilines is 2. The van der Waals surface area contributed by atoms with Gasteiger partial charge in [0.2, 0.25) is 6.23 Å². The van der Waals surface area contributed by atoms with Crippen molar-refractivity contribution in [1.29, 1.82) is 0 Å². The molecule has 9 nitrogen and oxygen atoms in total. The molecule has 1 unspecified atom stereocenters. The molecular formula is C19H13Cl2FN6O3. The fourth-order valence-corrected chi connectivity index (χ4v) is 3.36. The Morgan fingerprint density at radius 3 is 2.65 bits per heavy atom. The molecule has 0 saturated carbocycles. The highest BCUT2D eigenvalue weighted by atomic mass is 35.5. The Bertz CT molecular complexity index is 1190. The first-order valence-corrected chi connectivity index (χ1v) is 9.56. The number of benzene rings is 1. The van der Waals surface area contributed by atoms with Gasteiger partial charge in [-0.3, -0.25) is 9.59 Å². The average molecular weight is 463 g/mol. The SMILES string of the molecule is CNC(=O)c1ccc(NC(=O)c2cc3c(nn2)NC(c2c(Cl)ccc(F)c2Cl)O3)cn1. The molecule has 0 radical (unpaired) electrons. The molecule has 2 aromatic heterocycles. The first-order valence-electron chi connectivity index (χ1n) is 8.81. The molecule has 31 heavy (non-hydrogen) atoms. The first kappa shape index (κ1) is 20.8. The monoisotopic (exact) mass is 462 g/mol. The number of rotatable bonds is 4. The summed E-state index contributed by atoms with van der Waals surface area (Å²) in [6.07, 6.45) is 0.436. The van der Waals surface area contributed by atoms with E-state index in [0.717, 1.165) is 6.07 Å². The van der Waals surface area contributed by atoms with Crippen LogP contribution in [0.1, 0.15) is 32.8 Å². The molecule has 0 aliphatic carbocycles. The molecule has 158 valence electrons. The largest absolute Gasteiger partial charge is 0.462 e. The van der Waals surface area contributed by atoms with Crippen molar-refractivity contribution in [2.45, 2.75) is 6.23 Å². The highest BCUT2D eigenvalue weighted by Gasteiger charge is 2.31. The standard InChI is InChI=1S/C19H13Cl2FN6O3/c1-23-17(29)11-5-2-8(7-24-11)25-18(30)12-6-13-16(28-27-12)26-19(31-13)14-9(20)3-4-10(22)15(14)21/h2-7,19H,1H3,(H,23,29)(H,25,30)(H,26,28). The summed E-state index contributed by atoms with van der Waals surface area (Å²) in [5.74, 6) is -1.10. The molecule has 3 aromatic rings. The minimum atomic E-state index is -0.903. The number of nitrogens with zero attached hydrogens (tertiary/aromatic N) is 3. The van der Waals surface area contributed by atoms with Crippen molar-refractivity contribution in [1.82, 2.24) is 20.5 Å². The van der Waals surface area contributed by atoms with Gasteiger partial charge in [0.1, 0.15) is 11.5 Å². The summed E-state index contributed by atoms with van der Waals surface area (Å²) in [5, 5.41) is 15.8. The Morgan fingerprint density at radius 2 is 1.94 bits per heavy atom. The summed E-state index contributed by atoms with van der Waals surface area (Å²) in [6, 6.07) is 6.87. The zero-order chi connectivity index (χ0) is 22.1. The van der Waals surface area contributed by atoms with Crippen LogP contribution in [0.3, 0.4) is 0 Å². The van der Waals surface area contributed by atoms with Crippen molar-refractivity contribution in [2.24, 2.45) is 0 Å². The van der Waals surface area contributed by atoms with Gasteiger partial charge in [0.25, 0.3) is 11.8 Å². The number of nitrogens with one attached hydrogen (secondary N) is 3. The summed E-state index contributed by atoms with van der Waals surface area (Å²) in [4.78, 5) is 28.0. The Hall–Kier alpha value is -3.50. The van der Waals surface area contributed by atoms with Gasteiger partial charge < -0.3 is 20.7 Å². The van der Waals surface area contributed by atoms with Gasteiger partial charge in [-0.15, -0.1) is 10.2 Å². The highest BCUT2D eigenvalue weighted by molar-refractivity contribution is 6.36. The van der Waals surface area contributed by atoms with Gasteiger partial charge >= 0.3 is 0 Å². The zero-order valence-electron chi connectivity index (χ0n) is 15.7. The third-order valence-corrected chi connectivity index (χ3v) is 5.04. The van der Waals surface area contributed by atoms with Crippen molar-refractivity contribution >= 4 is 46.5 Å². The third kappa shape index (κ3) is 4.07. The number of fused-ring (bicyclic) bond motifs is 1. The number of amides is 2. The van der Waals surface area contributed by atoms with Crippen molar-refractivity contribution in [3.05, 3.63) is 69.3 Å². The molecule has 1 aliphatic rings. The van der Waals surface area contributed by atoms with Gasteiger partial charge in [-0.2, -0.15) is 0 Å². The summed E-state index contributed by atoms with van der Waals surface area (Å²) in [6.45, 7) is 0. The van der Waals surface area contributed by atoms with E-state index < -0.39 is 18.0 Å². The van der Waals surface area contributed by atoms with Gasteiger partial charge in [-0.25, -0.2) is 9.37 Å². The maximum atomic E-state index is 13.8. The van der Waals surface area contributed by atoms with Crippen LogP contribution in [-0.4, -0.2) is 34.0 Å². The molecule has 3 N–H and O–H groups in total. The Morgan fingerprint density at radius 1 is 1.13 bits per heavy atom. The van der Waals surface area contributed by atoms with Gasteiger partial charge in [0, 0.05) is 13.1 Å². The van der Waals surface area contributed by atoms with Crippen molar-refractivity contribution < 1.29 is 18.7 Å². The molecule has 1 aromatic carbocycles. The number of ether oxygens (including phenoxy) is 1. The molecule has 4 rings (SSSR count). The van der Waals surface area contributed by atoms with Crippen LogP contribution >= 0.6 is 23.2 Å². The van der Waals surface area contributed by atoms with E-state index in [4.69, 9.17) is 27.9 Å². The minimum Gasteiger partial charge on any atom is -0.462 e. The van der Waals surface area contributed by atoms with E-state index in [1.807, 2.05) is 0 Å². The number of aromatic nitrogens is 3. The Balaban J connectivity index is 1.51. The van der Waals surface area contributed by atoms with E-state index in [-0.39, 0.29) is 44.5 Å². The summed E-state index contributed by atoms with van der Waals surface area (Å²) in [7, 11) is 1.49. The average Bonchev–Trinajstić information content (AvgIpc) is 3.19. The van der Waals surface area contributed by atoms with Crippen LogP contribution in [0.5, 0.6) is 5.75 Å². The molecule has 2 amide bonds. The molecular weight excluding hydrogens is 450 g/mol. The van der Waals surface area contributed by atoms with Crippen LogP contribution in [0.2, 0.25) is 10.0 Å². The predicted molar refractivity (Wildman–Crippen MR) is 111 cm³/mol. The fourth-order valence-electron chi connectivity index (χ4n) is 2.80. The first-order chi connectivity index (χ1) is 14.9. The van der Waals surface area contributed by atoms with E-state index in [0.29, 0.717) is 5.69 Å². The summed E-state index contributed by atoms with van der Waals surface area (Å²) < 4.78 is 19.5. The molecule has 0 spiro atoms. The van der Waals surface area contributed by atoms with Crippen LogP contribution in [0.15, 0.2) is 36.5 Å². The Kier molecular flexibility index (Phi) is 5.57. The molecule has 0 saturated heterocycles. The minimum absolute atomic E-state index is 0.0342. The van der Waals surface area contributed by atoms with Crippen molar-refractivity contribution in [3.8, 4) is 5.75 Å². The maximum Gasteiger partial charge on any atom is 0.276 e. The smallest absolute Gasteiger partial charge is 0.276 e. The number of carbonyl (C=O) groups is 2. The predicted octanol–water partition coefficient (Wildman–Crippen LogP) is 3.43. The van der Waals surface area contributed by atoms with Crippen molar-refractivity contribution in [3.63, 3.8) is 0 Å². The van der Waals surface area contributed by atoms with Crippen molar-refractivity contribution in [2.75, 3.05) is 17.7 Å². The fraction of sp³-hybridized carbons (Fsp3) is 0.105. The second-order valence-corrected chi connectivity index (χ2v) is 7.09. The molecule has 1 atom stereocenters. The summed E-state index contributed by atoms with van der Waals surface area (Å²) >= 11 is 12.2. The number of halogens is 3. The lowest BCUT2D eigenvalue weighted by atomic mass is 10.2. The second kappa shape index (κ2) is 8.32. The maximum absolute atomic E-state index is 13.8. The molecule has 0 bridgehead atoms. The molecule has 12 heteroatoms. The summed E-state index contributed by atoms with van der Waals surface area (Å²) in [5.41, 5.74) is 0.732. The highest BCUT2D eigenvalue weighted by Crippen LogP contribution is 2.41. The Labute approximate surface area is 184 Å². The van der Waals surface area contributed by atoms with Gasteiger partial charge in [0.05, 0.1) is 27.5 Å². The number of pyridine rings is 1. The van der Waals surface area contributed by atoms with E-state index in [1.54, 1.807) is 0 Å². The second-order valence-electron chi connectivity index (χ2n) is 6.31. The molecule has 3 heterocycles. The zero-order valence-corrected chi connectivity index (χ0v) is 17.3. The number of hydrogen-bond acceptors (Lipinski definition) is 7. The van der Waals surface area contributed by atoms with Gasteiger partial charge in [0.15, 0.2) is 17.3 Å². The lowest BCUT2D eigenvalue weighted by Gasteiger charge is -2.15. The quantitative estimate of drug-likeness (QED) is 0.508. The van der Waals surface area contributed by atoms with Gasteiger partial charge in [-0.05, 0) is 24.3 Å². The van der Waals surface area contributed by atoms with Gasteiger partial charge in [-0.1, -0.05) is 23.2 Å². The van der Waals surface area contributed by atoms with Crippen LogP contribution < -0.4 is 20.7 Å². The van der Waals surface area contributed by atoms with E-state index >= 15 is 0 Å². The number of hydrogen-bond donors (Lipinski definition) is 3.